The molecule has 0 saturated carbocycles. The number of hydrogen-bond acceptors (Lipinski definition) is 5. The first-order valence-corrected chi connectivity index (χ1v) is 9.14. The number of nitrogens with two attached hydrogens (primary N) is 1. The Morgan fingerprint density at radius 1 is 1.24 bits per heavy atom. The lowest BCUT2D eigenvalue weighted by atomic mass is 10.2. The predicted molar refractivity (Wildman–Crippen MR) is 87.8 cm³/mol. The molecule has 0 heterocycles. The molecule has 0 aliphatic rings. The van der Waals surface area contributed by atoms with Crippen molar-refractivity contribution in [1.82, 2.24) is 0 Å². The molecule has 5 nitrogen and oxygen atoms in total. The second-order valence-electron chi connectivity index (χ2n) is 4.92. The molecule has 21 heavy (non-hydrogen) atoms. The Labute approximate surface area is 128 Å². The first kappa shape index (κ1) is 17.8. The smallest absolute Gasteiger partial charge is 0.150 e. The van der Waals surface area contributed by atoms with Crippen LogP contribution in [0, 0.1) is 0 Å². The van der Waals surface area contributed by atoms with Gasteiger partial charge in [0.15, 0.2) is 0 Å². The summed E-state index contributed by atoms with van der Waals surface area (Å²) in [5.74, 6) is 1.23. The molecule has 0 amide bonds. The summed E-state index contributed by atoms with van der Waals surface area (Å²) in [5.41, 5.74) is 6.62. The van der Waals surface area contributed by atoms with Gasteiger partial charge in [0.1, 0.15) is 15.6 Å². The van der Waals surface area contributed by atoms with Gasteiger partial charge in [0, 0.05) is 30.6 Å². The third kappa shape index (κ3) is 6.35. The molecule has 1 aromatic carbocycles. The van der Waals surface area contributed by atoms with Crippen LogP contribution >= 0.6 is 0 Å². The Morgan fingerprint density at radius 3 is 2.57 bits per heavy atom. The molecule has 120 valence electrons. The number of hydrogen-bond donors (Lipinski definition) is 1. The summed E-state index contributed by atoms with van der Waals surface area (Å²) in [6.45, 7) is 3.82. The van der Waals surface area contributed by atoms with Gasteiger partial charge < -0.3 is 15.4 Å². The molecular formula is C15H26N2O3S. The molecule has 1 rings (SSSR count). The van der Waals surface area contributed by atoms with Gasteiger partial charge in [-0.1, -0.05) is 13.0 Å². The molecule has 0 aliphatic heterocycles. The fourth-order valence-electron chi connectivity index (χ4n) is 2.08. The minimum Gasteiger partial charge on any atom is -0.497 e. The zero-order valence-electron chi connectivity index (χ0n) is 12.9. The molecule has 0 unspecified atom stereocenters. The third-order valence-electron chi connectivity index (χ3n) is 3.37. The third-order valence-corrected chi connectivity index (χ3v) is 5.16. The molecule has 0 spiro atoms. The molecular weight excluding hydrogens is 288 g/mol. The monoisotopic (exact) mass is 314 g/mol. The lowest BCUT2D eigenvalue weighted by Gasteiger charge is -2.25. The van der Waals surface area contributed by atoms with Crippen LogP contribution < -0.4 is 15.4 Å². The van der Waals surface area contributed by atoms with E-state index in [0.29, 0.717) is 19.5 Å². The molecule has 0 radical (unpaired) electrons. The van der Waals surface area contributed by atoms with Crippen molar-refractivity contribution in [2.45, 2.75) is 19.8 Å². The second-order valence-corrected chi connectivity index (χ2v) is 7.39. The fourth-order valence-corrected chi connectivity index (χ4v) is 2.94. The molecule has 0 saturated heterocycles. The normalized spacial score (nSPS) is 11.4. The lowest BCUT2D eigenvalue weighted by molar-refractivity contribution is 0.414. The number of benzene rings is 1. The maximum atomic E-state index is 11.6. The second kappa shape index (κ2) is 8.89. The molecule has 0 fully saturated rings. The summed E-state index contributed by atoms with van der Waals surface area (Å²) in [6, 6.07) is 7.80. The first-order valence-electron chi connectivity index (χ1n) is 7.32. The highest BCUT2D eigenvalue weighted by molar-refractivity contribution is 7.91. The van der Waals surface area contributed by atoms with Crippen LogP contribution in [0.2, 0.25) is 0 Å². The average Bonchev–Trinajstić information content (AvgIpc) is 2.50. The van der Waals surface area contributed by atoms with E-state index in [9.17, 15) is 8.42 Å². The van der Waals surface area contributed by atoms with Crippen molar-refractivity contribution in [3.8, 4) is 5.75 Å². The van der Waals surface area contributed by atoms with E-state index in [-0.39, 0.29) is 11.5 Å². The zero-order valence-corrected chi connectivity index (χ0v) is 13.7. The molecule has 0 atom stereocenters. The van der Waals surface area contributed by atoms with Gasteiger partial charge in [0.2, 0.25) is 0 Å². The number of methoxy groups -OCH3 is 1. The number of ether oxygens (including phenoxy) is 1. The molecule has 0 bridgehead atoms. The standard InChI is InChI=1S/C15H26N2O3S/c1-3-21(18,19)12-6-11-17(10-5-9-16)14-7-4-8-15(13-14)20-2/h4,7-8,13H,3,5-6,9-12,16H2,1-2H3. The first-order chi connectivity index (χ1) is 10.0. The summed E-state index contributed by atoms with van der Waals surface area (Å²) >= 11 is 0. The van der Waals surface area contributed by atoms with Gasteiger partial charge in [-0.2, -0.15) is 0 Å². The van der Waals surface area contributed by atoms with E-state index in [0.717, 1.165) is 24.4 Å². The van der Waals surface area contributed by atoms with Crippen LogP contribution in [0.5, 0.6) is 5.75 Å². The molecule has 0 aromatic heterocycles. The minimum atomic E-state index is -2.91. The van der Waals surface area contributed by atoms with Gasteiger partial charge >= 0.3 is 0 Å². The Kier molecular flexibility index (Phi) is 7.53. The number of sulfone groups is 1. The summed E-state index contributed by atoms with van der Waals surface area (Å²) in [7, 11) is -1.27. The van der Waals surface area contributed by atoms with Crippen molar-refractivity contribution < 1.29 is 13.2 Å². The zero-order chi connectivity index (χ0) is 15.7. The van der Waals surface area contributed by atoms with E-state index in [1.54, 1.807) is 14.0 Å². The Morgan fingerprint density at radius 2 is 1.95 bits per heavy atom. The average molecular weight is 314 g/mol. The highest BCUT2D eigenvalue weighted by atomic mass is 32.2. The van der Waals surface area contributed by atoms with E-state index in [1.807, 2.05) is 24.3 Å². The van der Waals surface area contributed by atoms with E-state index in [1.165, 1.54) is 0 Å². The van der Waals surface area contributed by atoms with Crippen LogP contribution in [0.25, 0.3) is 0 Å². The molecule has 1 aromatic rings. The van der Waals surface area contributed by atoms with Crippen LogP contribution in [-0.4, -0.2) is 46.7 Å². The summed E-state index contributed by atoms with van der Waals surface area (Å²) in [5, 5.41) is 0. The van der Waals surface area contributed by atoms with Gasteiger partial charge in [-0.3, -0.25) is 0 Å². The molecule has 2 N–H and O–H groups in total. The minimum absolute atomic E-state index is 0.203. The van der Waals surface area contributed by atoms with Gasteiger partial charge in [0.25, 0.3) is 0 Å². The van der Waals surface area contributed by atoms with E-state index in [2.05, 4.69) is 4.90 Å². The van der Waals surface area contributed by atoms with Crippen molar-refractivity contribution in [3.05, 3.63) is 24.3 Å². The Balaban J connectivity index is 2.70. The van der Waals surface area contributed by atoms with Crippen LogP contribution in [0.4, 0.5) is 5.69 Å². The van der Waals surface area contributed by atoms with Crippen molar-refractivity contribution >= 4 is 15.5 Å². The van der Waals surface area contributed by atoms with E-state index < -0.39 is 9.84 Å². The van der Waals surface area contributed by atoms with Crippen molar-refractivity contribution in [2.75, 3.05) is 43.1 Å². The molecule has 0 aliphatic carbocycles. The van der Waals surface area contributed by atoms with Crippen LogP contribution in [0.15, 0.2) is 24.3 Å². The van der Waals surface area contributed by atoms with Crippen molar-refractivity contribution in [3.63, 3.8) is 0 Å². The topological polar surface area (TPSA) is 72.6 Å². The van der Waals surface area contributed by atoms with Gasteiger partial charge in [-0.15, -0.1) is 0 Å². The van der Waals surface area contributed by atoms with Crippen LogP contribution in [0.3, 0.4) is 0 Å². The van der Waals surface area contributed by atoms with Gasteiger partial charge in [0.05, 0.1) is 12.9 Å². The predicted octanol–water partition coefficient (Wildman–Crippen LogP) is 1.68. The van der Waals surface area contributed by atoms with Crippen molar-refractivity contribution in [2.24, 2.45) is 5.73 Å². The summed E-state index contributed by atoms with van der Waals surface area (Å²) in [4.78, 5) is 2.17. The van der Waals surface area contributed by atoms with Crippen LogP contribution in [0.1, 0.15) is 19.8 Å². The van der Waals surface area contributed by atoms with E-state index >= 15 is 0 Å². The Hall–Kier alpha value is -1.27. The van der Waals surface area contributed by atoms with Gasteiger partial charge in [-0.25, -0.2) is 8.42 Å². The van der Waals surface area contributed by atoms with Crippen molar-refractivity contribution in [1.29, 1.82) is 0 Å². The highest BCUT2D eigenvalue weighted by Gasteiger charge is 2.11. The van der Waals surface area contributed by atoms with E-state index in [4.69, 9.17) is 10.5 Å². The quantitative estimate of drug-likeness (QED) is 0.711. The van der Waals surface area contributed by atoms with Gasteiger partial charge in [-0.05, 0) is 31.5 Å². The highest BCUT2D eigenvalue weighted by Crippen LogP contribution is 2.21. The fraction of sp³-hybridized carbons (Fsp3) is 0.600. The Bertz CT molecular complexity index is 517. The lowest BCUT2D eigenvalue weighted by Crippen LogP contribution is -2.28. The van der Waals surface area contributed by atoms with Crippen LogP contribution in [-0.2, 0) is 9.84 Å². The maximum absolute atomic E-state index is 11.6. The number of nitrogens with zero attached hydrogens (tertiary/aromatic N) is 1. The SMILES string of the molecule is CCS(=O)(=O)CCCN(CCCN)c1cccc(OC)c1. The molecule has 6 heteroatoms. The largest absolute Gasteiger partial charge is 0.497 e. The number of rotatable bonds is 10. The summed E-state index contributed by atoms with van der Waals surface area (Å²) in [6.07, 6.45) is 1.50. The number of anilines is 1. The summed E-state index contributed by atoms with van der Waals surface area (Å²) < 4.78 is 28.4. The maximum Gasteiger partial charge on any atom is 0.150 e.